The molecule has 83 heavy (non-hydrogen) atoms. The number of imide groups is 2. The van der Waals surface area contributed by atoms with Gasteiger partial charge in [-0.15, -0.1) is 0 Å². The van der Waals surface area contributed by atoms with Gasteiger partial charge in [0.1, 0.15) is 0 Å². The van der Waals surface area contributed by atoms with Crippen LogP contribution in [-0.4, -0.2) is 154 Å². The maximum Gasteiger partial charge on any atom is 0.346 e. The Bertz CT molecular complexity index is 3830. The van der Waals surface area contributed by atoms with E-state index in [-0.39, 0.29) is 38.5 Å². The number of carbonyl (C=O) groups excluding carboxylic acids is 6. The van der Waals surface area contributed by atoms with Gasteiger partial charge in [-0.05, 0) is 130 Å². The quantitative estimate of drug-likeness (QED) is 0.0826. The van der Waals surface area contributed by atoms with Crippen LogP contribution in [0.4, 0.5) is 11.4 Å². The molecule has 2 N–H and O–H groups in total. The fraction of sp³-hybridized carbons (Fsp3) is 0.242. The summed E-state index contributed by atoms with van der Waals surface area (Å²) in [7, 11) is 11.7. The van der Waals surface area contributed by atoms with Gasteiger partial charge in [0, 0.05) is 111 Å². The molecule has 428 valence electrons. The second-order valence-corrected chi connectivity index (χ2v) is 22.2. The molecular weight excluding hydrogens is 1180 g/mol. The topological polar surface area (TPSA) is 179 Å². The molecule has 0 saturated heterocycles. The Hall–Kier alpha value is -7.90. The molecule has 17 heteroatoms. The van der Waals surface area contributed by atoms with Crippen molar-refractivity contribution >= 4 is 123 Å². The highest BCUT2D eigenvalue weighted by Crippen LogP contribution is 2.38. The van der Waals surface area contributed by atoms with Crippen molar-refractivity contribution in [1.29, 1.82) is 0 Å². The number of benzene rings is 8. The van der Waals surface area contributed by atoms with Crippen LogP contribution < -0.4 is 5.73 Å². The summed E-state index contributed by atoms with van der Waals surface area (Å²) in [4.78, 5) is 92.1. The molecule has 13 rings (SSSR count). The molecule has 0 bridgehead atoms. The SMILES string of the molecule is C.C.C1=Nc2ccccc2C1.CN(C)CCN.CN(C)CCN1C(=O)c2cccc3c(Br)ccc(c23)C1=O.CN(C)CCN1C(=O)c2cccc3c(C4=Nc5ccccc5C4)ccc(c23)C1=O.O=C1OC(=O)c2ccc(Br)c3cccc1c23. The van der Waals surface area contributed by atoms with Gasteiger partial charge in [0.05, 0.1) is 28.2 Å². The van der Waals surface area contributed by atoms with Crippen molar-refractivity contribution in [2.45, 2.75) is 27.7 Å². The fourth-order valence-electron chi connectivity index (χ4n) is 10.0. The number of esters is 2. The second kappa shape index (κ2) is 27.5. The van der Waals surface area contributed by atoms with Gasteiger partial charge in [0.15, 0.2) is 0 Å². The number of nitrogens with two attached hydrogens (primary N) is 1. The zero-order valence-electron chi connectivity index (χ0n) is 45.8. The number of amides is 4. The van der Waals surface area contributed by atoms with E-state index in [1.807, 2.05) is 149 Å². The molecule has 5 aliphatic rings. The Labute approximate surface area is 501 Å². The number of carbonyl (C=O) groups is 6. The molecule has 0 radical (unpaired) electrons. The zero-order chi connectivity index (χ0) is 57.6. The van der Waals surface area contributed by atoms with Crippen molar-refractivity contribution in [2.24, 2.45) is 15.7 Å². The Morgan fingerprint density at radius 1 is 0.470 bits per heavy atom. The minimum atomic E-state index is -0.582. The summed E-state index contributed by atoms with van der Waals surface area (Å²) >= 11 is 6.88. The van der Waals surface area contributed by atoms with Crippen molar-refractivity contribution in [1.82, 2.24) is 24.5 Å². The number of aliphatic imine (C=N–C) groups is 2. The summed E-state index contributed by atoms with van der Waals surface area (Å²) in [6.07, 6.45) is 3.71. The maximum absolute atomic E-state index is 13.1. The monoisotopic (exact) mass is 1240 g/mol. The van der Waals surface area contributed by atoms with Crippen LogP contribution in [0, 0.1) is 0 Å². The zero-order valence-corrected chi connectivity index (χ0v) is 49.0. The highest BCUT2D eigenvalue weighted by molar-refractivity contribution is 9.11. The Kier molecular flexibility index (Phi) is 20.7. The van der Waals surface area contributed by atoms with Crippen molar-refractivity contribution < 1.29 is 33.5 Å². The van der Waals surface area contributed by atoms with Gasteiger partial charge in [-0.1, -0.05) is 126 Å². The van der Waals surface area contributed by atoms with E-state index in [4.69, 9.17) is 10.7 Å². The van der Waals surface area contributed by atoms with Gasteiger partial charge >= 0.3 is 11.9 Å². The number of cyclic esters (lactones) is 2. The summed E-state index contributed by atoms with van der Waals surface area (Å²) < 4.78 is 6.40. The van der Waals surface area contributed by atoms with Gasteiger partial charge in [-0.3, -0.25) is 39.0 Å². The highest BCUT2D eigenvalue weighted by Gasteiger charge is 2.35. The predicted octanol–water partition coefficient (Wildman–Crippen LogP) is 12.1. The summed E-state index contributed by atoms with van der Waals surface area (Å²) in [5, 5.41) is 4.83. The molecule has 0 saturated carbocycles. The first kappa shape index (κ1) is 62.7. The molecule has 5 heterocycles. The first-order valence-electron chi connectivity index (χ1n) is 26.3. The average molecular weight is 1250 g/mol. The summed E-state index contributed by atoms with van der Waals surface area (Å²) in [6.45, 7) is 3.81. The van der Waals surface area contributed by atoms with E-state index in [9.17, 15) is 28.8 Å². The van der Waals surface area contributed by atoms with E-state index in [1.165, 1.54) is 20.9 Å². The van der Waals surface area contributed by atoms with E-state index in [2.05, 4.69) is 58.6 Å². The van der Waals surface area contributed by atoms with Crippen molar-refractivity contribution in [3.05, 3.63) is 199 Å². The smallest absolute Gasteiger partial charge is 0.346 e. The van der Waals surface area contributed by atoms with Crippen LogP contribution in [-0.2, 0) is 17.6 Å². The average Bonchev–Trinajstić information content (AvgIpc) is 3.14. The maximum atomic E-state index is 13.1. The molecular formula is C66H68Br2N8O7. The number of nitrogens with zero attached hydrogens (tertiary/aromatic N) is 7. The van der Waals surface area contributed by atoms with E-state index in [1.54, 1.807) is 36.4 Å². The predicted molar refractivity (Wildman–Crippen MR) is 341 cm³/mol. The standard InChI is InChI=1S/C24H21N3O2.C16H15BrN2O2.C12H5BrO3.C8H7N.C4H12N2.2CH4/c1-26(2)12-13-27-23(28)18-8-5-7-17-16(10-11-19(22(17)18)24(27)29)21-14-15-6-3-4-9-20(15)25-21;1-18(2)8-9-19-15(20)11-5-3-4-10-13(17)7-6-12(14(10)11)16(19)21;13-9-5-4-8-10-6(9)2-1-3-7(10)11(14)16-12(8)15;1-2-4-8-7(3-1)5-6-9-8;1-6(2)4-3-5;;/h3-11H,12-14H2,1-2H3;3-7H,8-9H2,1-2H3;1-5H;1-4,6H,5H2;3-5H2,1-2H3;2*1H4. The number of halogens is 2. The van der Waals surface area contributed by atoms with Gasteiger partial charge in [-0.2, -0.15) is 0 Å². The minimum absolute atomic E-state index is 0. The summed E-state index contributed by atoms with van der Waals surface area (Å²) in [6, 6.07) is 43.8. The number of rotatable bonds is 9. The lowest BCUT2D eigenvalue weighted by Crippen LogP contribution is -2.43. The first-order valence-corrected chi connectivity index (χ1v) is 27.9. The highest BCUT2D eigenvalue weighted by atomic mass is 79.9. The van der Waals surface area contributed by atoms with Crippen LogP contribution in [0.2, 0.25) is 0 Å². The number of hydrogen-bond donors (Lipinski definition) is 1. The third-order valence-electron chi connectivity index (χ3n) is 14.1. The van der Waals surface area contributed by atoms with Gasteiger partial charge in [-0.25, -0.2) is 9.59 Å². The van der Waals surface area contributed by atoms with Gasteiger partial charge in [0.25, 0.3) is 23.6 Å². The summed E-state index contributed by atoms with van der Waals surface area (Å²) in [5.74, 6) is -2.02. The molecule has 5 aliphatic heterocycles. The molecule has 0 atom stereocenters. The lowest BCUT2D eigenvalue weighted by atomic mass is 9.89. The number of hydrogen-bond acceptors (Lipinski definition) is 13. The molecule has 4 amide bonds. The molecule has 0 fully saturated rings. The van der Waals surface area contributed by atoms with Crippen molar-refractivity contribution in [3.8, 4) is 0 Å². The second-order valence-electron chi connectivity index (χ2n) is 20.4. The summed E-state index contributed by atoms with van der Waals surface area (Å²) in [5.41, 5.74) is 15.1. The van der Waals surface area contributed by atoms with Crippen LogP contribution in [0.25, 0.3) is 32.3 Å². The van der Waals surface area contributed by atoms with Crippen molar-refractivity contribution in [2.75, 3.05) is 81.6 Å². The minimum Gasteiger partial charge on any atom is -0.386 e. The molecule has 0 aliphatic carbocycles. The number of para-hydroxylation sites is 2. The Morgan fingerprint density at radius 2 is 0.880 bits per heavy atom. The molecule has 0 unspecified atom stereocenters. The van der Waals surface area contributed by atoms with Crippen LogP contribution in [0.15, 0.2) is 158 Å². The van der Waals surface area contributed by atoms with Crippen LogP contribution in [0.3, 0.4) is 0 Å². The number of ether oxygens (including phenoxy) is 1. The first-order chi connectivity index (χ1) is 39.0. The Morgan fingerprint density at radius 3 is 1.37 bits per heavy atom. The van der Waals surface area contributed by atoms with Crippen LogP contribution in [0.5, 0.6) is 0 Å². The van der Waals surface area contributed by atoms with Crippen LogP contribution >= 0.6 is 31.9 Å². The van der Waals surface area contributed by atoms with Crippen molar-refractivity contribution in [3.63, 3.8) is 0 Å². The normalized spacial score (nSPS) is 13.9. The molecule has 8 aromatic carbocycles. The molecule has 8 aromatic rings. The Balaban J connectivity index is 0.000000161. The molecule has 0 spiro atoms. The van der Waals surface area contributed by atoms with Crippen LogP contribution in [0.1, 0.15) is 93.7 Å². The van der Waals surface area contributed by atoms with Gasteiger partial charge < -0.3 is 25.2 Å². The number of likely N-dealkylation sites (N-methyl/N-ethyl adjacent to an activating group) is 3. The third-order valence-corrected chi connectivity index (χ3v) is 15.5. The molecule has 0 aromatic heterocycles. The lowest BCUT2D eigenvalue weighted by molar-refractivity contribution is 0.0388. The van der Waals surface area contributed by atoms with E-state index in [0.717, 1.165) is 84.5 Å². The van der Waals surface area contributed by atoms with E-state index >= 15 is 0 Å². The third kappa shape index (κ3) is 13.3. The van der Waals surface area contributed by atoms with E-state index < -0.39 is 11.9 Å². The molecule has 15 nitrogen and oxygen atoms in total. The largest absolute Gasteiger partial charge is 0.386 e. The number of fused-ring (bicyclic) bond motifs is 2. The van der Waals surface area contributed by atoms with Gasteiger partial charge in [0.2, 0.25) is 0 Å². The van der Waals surface area contributed by atoms with E-state index in [0.29, 0.717) is 64.9 Å². The fourth-order valence-corrected chi connectivity index (χ4v) is 10.9. The lowest BCUT2D eigenvalue weighted by Gasteiger charge is -2.28.